The Labute approximate surface area is 180 Å². The van der Waals surface area contributed by atoms with Crippen LogP contribution in [0.25, 0.3) is 0 Å². The number of ether oxygens (including phenoxy) is 1. The minimum absolute atomic E-state index is 0. The zero-order chi connectivity index (χ0) is 17.3. The van der Waals surface area contributed by atoms with Crippen LogP contribution >= 0.6 is 24.8 Å². The van der Waals surface area contributed by atoms with Crippen molar-refractivity contribution in [1.82, 2.24) is 20.2 Å². The molecule has 6 nitrogen and oxygen atoms in total. The molecule has 1 aliphatic carbocycles. The molecule has 28 heavy (non-hydrogen) atoms. The van der Waals surface area contributed by atoms with E-state index in [2.05, 4.69) is 15.1 Å². The first-order valence-electron chi connectivity index (χ1n) is 10.6. The first-order valence-corrected chi connectivity index (χ1v) is 10.6. The fraction of sp³-hybridized carbons (Fsp3) is 0.800. The highest BCUT2D eigenvalue weighted by molar-refractivity contribution is 5.85. The van der Waals surface area contributed by atoms with Gasteiger partial charge in [-0.2, -0.15) is 0 Å². The van der Waals surface area contributed by atoms with Gasteiger partial charge in [-0.25, -0.2) is 9.97 Å². The fourth-order valence-corrected chi connectivity index (χ4v) is 4.97. The van der Waals surface area contributed by atoms with Crippen LogP contribution in [0.2, 0.25) is 0 Å². The third kappa shape index (κ3) is 4.41. The molecule has 0 atom stereocenters. The van der Waals surface area contributed by atoms with E-state index < -0.39 is 0 Å². The highest BCUT2D eigenvalue weighted by atomic mass is 35.5. The highest BCUT2D eigenvalue weighted by Crippen LogP contribution is 2.36. The Kier molecular flexibility index (Phi) is 7.79. The van der Waals surface area contributed by atoms with Gasteiger partial charge in [-0.3, -0.25) is 4.90 Å². The van der Waals surface area contributed by atoms with Crippen LogP contribution in [0.3, 0.4) is 0 Å². The van der Waals surface area contributed by atoms with Crippen LogP contribution in [0, 0.1) is 0 Å². The number of morpholine rings is 1. The summed E-state index contributed by atoms with van der Waals surface area (Å²) < 4.78 is 5.51. The maximum Gasteiger partial charge on any atom is 0.135 e. The van der Waals surface area contributed by atoms with Crippen molar-refractivity contribution in [2.24, 2.45) is 0 Å². The standard InChI is InChI=1S/C20H31N5O.2ClH/c1-2-4-15(3-1)19-22-18-6-8-21-7-5-17(18)20(23-19)25-13-16(14-25)24-9-11-26-12-10-24;;/h15-16,21H,1-14H2;2*1H. The molecular formula is C20H33Cl2N5O. The predicted molar refractivity (Wildman–Crippen MR) is 116 cm³/mol. The van der Waals surface area contributed by atoms with Crippen LogP contribution in [0.15, 0.2) is 0 Å². The number of aromatic nitrogens is 2. The van der Waals surface area contributed by atoms with Crippen LogP contribution in [0.5, 0.6) is 0 Å². The molecule has 5 rings (SSSR count). The van der Waals surface area contributed by atoms with Crippen molar-refractivity contribution in [2.75, 3.05) is 57.4 Å². The predicted octanol–water partition coefficient (Wildman–Crippen LogP) is 2.19. The van der Waals surface area contributed by atoms with Gasteiger partial charge in [0.25, 0.3) is 0 Å². The Morgan fingerprint density at radius 1 is 0.929 bits per heavy atom. The molecule has 3 aliphatic heterocycles. The molecule has 0 spiro atoms. The average molecular weight is 430 g/mol. The second-order valence-electron chi connectivity index (χ2n) is 8.27. The van der Waals surface area contributed by atoms with Crippen molar-refractivity contribution < 1.29 is 4.74 Å². The molecule has 0 radical (unpaired) electrons. The van der Waals surface area contributed by atoms with Crippen molar-refractivity contribution in [3.05, 3.63) is 17.1 Å². The Hall–Kier alpha value is -0.660. The molecule has 4 heterocycles. The molecule has 3 fully saturated rings. The average Bonchev–Trinajstić information content (AvgIpc) is 3.07. The molecule has 0 unspecified atom stereocenters. The smallest absolute Gasteiger partial charge is 0.135 e. The van der Waals surface area contributed by atoms with E-state index >= 15 is 0 Å². The molecule has 1 aromatic rings. The lowest BCUT2D eigenvalue weighted by molar-refractivity contribution is 0.0104. The zero-order valence-electron chi connectivity index (χ0n) is 16.6. The third-order valence-electron chi connectivity index (χ3n) is 6.62. The number of nitrogens with zero attached hydrogens (tertiary/aromatic N) is 4. The van der Waals surface area contributed by atoms with Crippen molar-refractivity contribution >= 4 is 30.6 Å². The summed E-state index contributed by atoms with van der Waals surface area (Å²) in [6.07, 6.45) is 7.33. The van der Waals surface area contributed by atoms with E-state index in [0.717, 1.165) is 71.1 Å². The van der Waals surface area contributed by atoms with Crippen LogP contribution in [0.4, 0.5) is 5.82 Å². The van der Waals surface area contributed by atoms with Crippen molar-refractivity contribution in [3.8, 4) is 0 Å². The molecule has 2 saturated heterocycles. The number of nitrogens with one attached hydrogen (secondary N) is 1. The fourth-order valence-electron chi connectivity index (χ4n) is 4.97. The summed E-state index contributed by atoms with van der Waals surface area (Å²) in [6, 6.07) is 0.670. The summed E-state index contributed by atoms with van der Waals surface area (Å²) in [5.41, 5.74) is 2.73. The Bertz CT molecular complexity index is 644. The molecular weight excluding hydrogens is 397 g/mol. The minimum atomic E-state index is 0. The number of rotatable bonds is 3. The Morgan fingerprint density at radius 3 is 2.39 bits per heavy atom. The van der Waals surface area contributed by atoms with Crippen molar-refractivity contribution in [1.29, 1.82) is 0 Å². The Morgan fingerprint density at radius 2 is 1.64 bits per heavy atom. The van der Waals surface area contributed by atoms with Crippen LogP contribution in [0.1, 0.15) is 48.7 Å². The molecule has 0 bridgehead atoms. The van der Waals surface area contributed by atoms with Gasteiger partial charge in [0, 0.05) is 56.7 Å². The second-order valence-corrected chi connectivity index (χ2v) is 8.27. The van der Waals surface area contributed by atoms with Gasteiger partial charge < -0.3 is 15.0 Å². The molecule has 8 heteroatoms. The van der Waals surface area contributed by atoms with E-state index in [1.165, 1.54) is 42.8 Å². The quantitative estimate of drug-likeness (QED) is 0.794. The molecule has 4 aliphatic rings. The summed E-state index contributed by atoms with van der Waals surface area (Å²) in [6.45, 7) is 8.25. The van der Waals surface area contributed by atoms with E-state index in [1.807, 2.05) is 0 Å². The molecule has 0 aromatic carbocycles. The van der Waals surface area contributed by atoms with Gasteiger partial charge in [-0.1, -0.05) is 12.8 Å². The first-order chi connectivity index (χ1) is 12.9. The zero-order valence-corrected chi connectivity index (χ0v) is 18.2. The van der Waals surface area contributed by atoms with Gasteiger partial charge in [-0.05, 0) is 25.8 Å². The lowest BCUT2D eigenvalue weighted by Crippen LogP contribution is -2.62. The largest absolute Gasteiger partial charge is 0.379 e. The highest BCUT2D eigenvalue weighted by Gasteiger charge is 2.36. The van der Waals surface area contributed by atoms with E-state index in [1.54, 1.807) is 0 Å². The van der Waals surface area contributed by atoms with Crippen LogP contribution in [-0.2, 0) is 17.6 Å². The lowest BCUT2D eigenvalue weighted by Gasteiger charge is -2.47. The van der Waals surface area contributed by atoms with Crippen molar-refractivity contribution in [3.63, 3.8) is 0 Å². The topological polar surface area (TPSA) is 53.5 Å². The van der Waals surface area contributed by atoms with Gasteiger partial charge in [0.05, 0.1) is 18.9 Å². The summed E-state index contributed by atoms with van der Waals surface area (Å²) >= 11 is 0. The summed E-state index contributed by atoms with van der Waals surface area (Å²) in [7, 11) is 0. The first kappa shape index (κ1) is 22.0. The van der Waals surface area contributed by atoms with E-state index in [0.29, 0.717) is 12.0 Å². The second kappa shape index (κ2) is 9.90. The normalized spacial score (nSPS) is 23.9. The maximum atomic E-state index is 5.51. The van der Waals surface area contributed by atoms with Gasteiger partial charge in [0.1, 0.15) is 11.6 Å². The number of anilines is 1. The number of hydrogen-bond donors (Lipinski definition) is 1. The lowest BCUT2D eigenvalue weighted by atomic mass is 10.0. The minimum Gasteiger partial charge on any atom is -0.379 e. The van der Waals surface area contributed by atoms with Gasteiger partial charge in [0.2, 0.25) is 0 Å². The van der Waals surface area contributed by atoms with Gasteiger partial charge >= 0.3 is 0 Å². The third-order valence-corrected chi connectivity index (χ3v) is 6.62. The molecule has 0 amide bonds. The number of fused-ring (bicyclic) bond motifs is 1. The monoisotopic (exact) mass is 429 g/mol. The molecule has 1 N–H and O–H groups in total. The molecule has 1 aromatic heterocycles. The maximum absolute atomic E-state index is 5.51. The molecule has 1 saturated carbocycles. The van der Waals surface area contributed by atoms with Crippen LogP contribution in [-0.4, -0.2) is 73.4 Å². The van der Waals surface area contributed by atoms with E-state index in [4.69, 9.17) is 14.7 Å². The summed E-state index contributed by atoms with van der Waals surface area (Å²) in [5, 5.41) is 3.54. The van der Waals surface area contributed by atoms with Gasteiger partial charge in [0.15, 0.2) is 0 Å². The van der Waals surface area contributed by atoms with Crippen molar-refractivity contribution in [2.45, 2.75) is 50.5 Å². The number of halogens is 2. The van der Waals surface area contributed by atoms with E-state index in [-0.39, 0.29) is 24.8 Å². The Balaban J connectivity index is 0.00000112. The van der Waals surface area contributed by atoms with Gasteiger partial charge in [-0.15, -0.1) is 24.8 Å². The molecule has 158 valence electrons. The summed E-state index contributed by atoms with van der Waals surface area (Å²) in [4.78, 5) is 15.3. The van der Waals surface area contributed by atoms with E-state index in [9.17, 15) is 0 Å². The summed E-state index contributed by atoms with van der Waals surface area (Å²) in [5.74, 6) is 2.98. The SMILES string of the molecule is C1CCC(c2nc3c(c(N4CC(N5CCOCC5)C4)n2)CCNCC3)C1.Cl.Cl. The number of hydrogen-bond acceptors (Lipinski definition) is 6. The van der Waals surface area contributed by atoms with Crippen LogP contribution < -0.4 is 10.2 Å².